The van der Waals surface area contributed by atoms with E-state index in [1.165, 1.54) is 5.56 Å². The van der Waals surface area contributed by atoms with Crippen molar-refractivity contribution in [3.05, 3.63) is 72.4 Å². The molecule has 0 saturated carbocycles. The second-order valence-electron chi connectivity index (χ2n) is 7.77. The number of nitrogens with one attached hydrogen (secondary N) is 2. The predicted molar refractivity (Wildman–Crippen MR) is 117 cm³/mol. The van der Waals surface area contributed by atoms with E-state index in [0.29, 0.717) is 0 Å². The quantitative estimate of drug-likeness (QED) is 0.632. The number of aromatic nitrogens is 2. The molecule has 0 unspecified atom stereocenters. The molecule has 5 heteroatoms. The van der Waals surface area contributed by atoms with Crippen LogP contribution in [0.3, 0.4) is 0 Å². The van der Waals surface area contributed by atoms with Crippen LogP contribution in [-0.4, -0.2) is 40.6 Å². The first kappa shape index (κ1) is 19.4. The minimum Gasteiger partial charge on any atom is -0.326 e. The largest absolute Gasteiger partial charge is 0.326 e. The van der Waals surface area contributed by atoms with E-state index in [2.05, 4.69) is 50.7 Å². The van der Waals surface area contributed by atoms with E-state index in [4.69, 9.17) is 0 Å². The summed E-state index contributed by atoms with van der Waals surface area (Å²) >= 11 is 0. The molecule has 2 aromatic carbocycles. The highest BCUT2D eigenvalue weighted by Crippen LogP contribution is 2.22. The number of benzene rings is 2. The third-order valence-electron chi connectivity index (χ3n) is 5.62. The molecule has 1 amide bonds. The summed E-state index contributed by atoms with van der Waals surface area (Å²) in [5, 5.41) is 10.0. The molecule has 3 aromatic rings. The van der Waals surface area contributed by atoms with Gasteiger partial charge in [0, 0.05) is 18.4 Å². The van der Waals surface area contributed by atoms with Crippen molar-refractivity contribution in [2.75, 3.05) is 25.0 Å². The van der Waals surface area contributed by atoms with Gasteiger partial charge in [0.05, 0.1) is 11.6 Å². The number of hydrogen-bond acceptors (Lipinski definition) is 3. The highest BCUT2D eigenvalue weighted by molar-refractivity contribution is 5.93. The number of carbonyl (C=O) groups is 1. The molecule has 2 heterocycles. The summed E-state index contributed by atoms with van der Waals surface area (Å²) in [4.78, 5) is 15.2. The van der Waals surface area contributed by atoms with Gasteiger partial charge in [-0.15, -0.1) is 0 Å². The maximum atomic E-state index is 12.8. The van der Waals surface area contributed by atoms with Crippen LogP contribution in [0.2, 0.25) is 0 Å². The first-order valence-corrected chi connectivity index (χ1v) is 10.4. The van der Waals surface area contributed by atoms with Gasteiger partial charge >= 0.3 is 0 Å². The number of anilines is 1. The molecule has 1 saturated heterocycles. The molecule has 1 aromatic heterocycles. The Bertz CT molecular complexity index is 890. The van der Waals surface area contributed by atoms with Gasteiger partial charge in [0.15, 0.2) is 0 Å². The number of carbonyl (C=O) groups excluding carboxylic acids is 1. The van der Waals surface area contributed by atoms with Crippen LogP contribution < -0.4 is 5.32 Å². The predicted octanol–water partition coefficient (Wildman–Crippen LogP) is 4.36. The lowest BCUT2D eigenvalue weighted by atomic mass is 9.96. The van der Waals surface area contributed by atoms with Gasteiger partial charge in [-0.2, -0.15) is 5.10 Å². The van der Waals surface area contributed by atoms with E-state index >= 15 is 0 Å². The molecule has 29 heavy (non-hydrogen) atoms. The van der Waals surface area contributed by atoms with Crippen molar-refractivity contribution >= 4 is 11.6 Å². The molecule has 2 N–H and O–H groups in total. The second kappa shape index (κ2) is 9.52. The lowest BCUT2D eigenvalue weighted by molar-refractivity contribution is -0.121. The summed E-state index contributed by atoms with van der Waals surface area (Å²) in [7, 11) is 0. The molecule has 5 nitrogen and oxygen atoms in total. The number of nitrogens with zero attached hydrogens (tertiary/aromatic N) is 2. The van der Waals surface area contributed by atoms with Crippen LogP contribution in [0.25, 0.3) is 11.3 Å². The lowest BCUT2D eigenvalue weighted by Gasteiger charge is -2.32. The first-order chi connectivity index (χ1) is 14.3. The zero-order valence-corrected chi connectivity index (χ0v) is 16.7. The smallest absolute Gasteiger partial charge is 0.228 e. The third kappa shape index (κ3) is 5.33. The number of hydrogen-bond donors (Lipinski definition) is 2. The van der Waals surface area contributed by atoms with Crippen LogP contribution in [0.1, 0.15) is 24.8 Å². The van der Waals surface area contributed by atoms with E-state index in [1.807, 2.05) is 30.3 Å². The van der Waals surface area contributed by atoms with Crippen LogP contribution in [-0.2, 0) is 11.2 Å². The van der Waals surface area contributed by atoms with Gasteiger partial charge in [0.1, 0.15) is 0 Å². The fourth-order valence-corrected chi connectivity index (χ4v) is 4.02. The van der Waals surface area contributed by atoms with Gasteiger partial charge in [0.2, 0.25) is 5.91 Å². The minimum atomic E-state index is 0.0627. The second-order valence-corrected chi connectivity index (χ2v) is 7.77. The van der Waals surface area contributed by atoms with Crippen LogP contribution in [0.15, 0.2) is 66.9 Å². The van der Waals surface area contributed by atoms with E-state index in [-0.39, 0.29) is 11.8 Å². The summed E-state index contributed by atoms with van der Waals surface area (Å²) in [6, 6.07) is 20.5. The third-order valence-corrected chi connectivity index (χ3v) is 5.62. The van der Waals surface area contributed by atoms with Crippen LogP contribution in [0.4, 0.5) is 5.69 Å². The van der Waals surface area contributed by atoms with Crippen molar-refractivity contribution < 1.29 is 4.79 Å². The van der Waals surface area contributed by atoms with Gasteiger partial charge in [-0.05, 0) is 68.1 Å². The fraction of sp³-hybridized carbons (Fsp3) is 0.333. The van der Waals surface area contributed by atoms with Gasteiger partial charge in [0.25, 0.3) is 0 Å². The zero-order valence-electron chi connectivity index (χ0n) is 16.7. The van der Waals surface area contributed by atoms with Crippen molar-refractivity contribution in [3.8, 4) is 11.3 Å². The van der Waals surface area contributed by atoms with Crippen LogP contribution >= 0.6 is 0 Å². The van der Waals surface area contributed by atoms with Crippen molar-refractivity contribution in [2.24, 2.45) is 5.92 Å². The SMILES string of the molecule is O=C(Nc1ccc(-c2ccn[nH]2)cc1)[C@@H]1CCCN(CCCc2ccccc2)C1. The summed E-state index contributed by atoms with van der Waals surface area (Å²) in [6.45, 7) is 3.00. The topological polar surface area (TPSA) is 61.0 Å². The molecule has 4 rings (SSSR count). The number of likely N-dealkylation sites (tertiary alicyclic amines) is 1. The summed E-state index contributed by atoms with van der Waals surface area (Å²) in [5.74, 6) is 0.194. The highest BCUT2D eigenvalue weighted by atomic mass is 16.1. The Morgan fingerprint density at radius 1 is 1.10 bits per heavy atom. The normalized spacial score (nSPS) is 17.2. The lowest BCUT2D eigenvalue weighted by Crippen LogP contribution is -2.41. The standard InChI is InChI=1S/C24H28N4O/c29-24(26-22-12-10-20(11-13-22)23-14-15-25-27-23)21-9-5-17-28(18-21)16-4-8-19-6-2-1-3-7-19/h1-3,6-7,10-15,21H,4-5,8-9,16-18H2,(H,25,27)(H,26,29)/t21-/m1/s1. The summed E-state index contributed by atoms with van der Waals surface area (Å²) in [6.07, 6.45) is 6.01. The number of H-pyrrole nitrogens is 1. The van der Waals surface area contributed by atoms with Crippen molar-refractivity contribution in [1.82, 2.24) is 15.1 Å². The summed E-state index contributed by atoms with van der Waals surface area (Å²) < 4.78 is 0. The van der Waals surface area contributed by atoms with Gasteiger partial charge in [-0.1, -0.05) is 42.5 Å². The Morgan fingerprint density at radius 2 is 1.93 bits per heavy atom. The average molecular weight is 389 g/mol. The first-order valence-electron chi connectivity index (χ1n) is 10.4. The van der Waals surface area contributed by atoms with Crippen molar-refractivity contribution in [3.63, 3.8) is 0 Å². The molecule has 0 spiro atoms. The molecule has 0 radical (unpaired) electrons. The maximum Gasteiger partial charge on any atom is 0.228 e. The van der Waals surface area contributed by atoms with Crippen LogP contribution in [0, 0.1) is 5.92 Å². The molecule has 0 aliphatic carbocycles. The molecular formula is C24H28N4O. The average Bonchev–Trinajstić information content (AvgIpc) is 3.30. The Labute approximate surface area is 172 Å². The van der Waals surface area contributed by atoms with E-state index < -0.39 is 0 Å². The van der Waals surface area contributed by atoms with E-state index in [9.17, 15) is 4.79 Å². The molecule has 1 fully saturated rings. The monoisotopic (exact) mass is 388 g/mol. The molecule has 1 atom stereocenters. The number of piperidine rings is 1. The Morgan fingerprint density at radius 3 is 2.69 bits per heavy atom. The number of rotatable bonds is 7. The molecule has 150 valence electrons. The molecular weight excluding hydrogens is 360 g/mol. The fourth-order valence-electron chi connectivity index (χ4n) is 4.02. The minimum absolute atomic E-state index is 0.0627. The number of aryl methyl sites for hydroxylation is 1. The summed E-state index contributed by atoms with van der Waals surface area (Å²) in [5.41, 5.74) is 4.26. The Hall–Kier alpha value is -2.92. The van der Waals surface area contributed by atoms with Gasteiger partial charge in [-0.3, -0.25) is 9.89 Å². The van der Waals surface area contributed by atoms with Gasteiger partial charge < -0.3 is 10.2 Å². The Kier molecular flexibility index (Phi) is 6.37. The number of amides is 1. The molecule has 1 aliphatic rings. The van der Waals surface area contributed by atoms with Crippen molar-refractivity contribution in [2.45, 2.75) is 25.7 Å². The van der Waals surface area contributed by atoms with Crippen molar-refractivity contribution in [1.29, 1.82) is 0 Å². The van der Waals surface area contributed by atoms with Crippen LogP contribution in [0.5, 0.6) is 0 Å². The molecule has 0 bridgehead atoms. The van der Waals surface area contributed by atoms with E-state index in [0.717, 1.165) is 62.3 Å². The van der Waals surface area contributed by atoms with Gasteiger partial charge in [-0.25, -0.2) is 0 Å². The Balaban J connectivity index is 1.26. The zero-order chi connectivity index (χ0) is 19.9. The van der Waals surface area contributed by atoms with E-state index in [1.54, 1.807) is 6.20 Å². The molecule has 1 aliphatic heterocycles. The maximum absolute atomic E-state index is 12.8. The number of aromatic amines is 1. The highest BCUT2D eigenvalue weighted by Gasteiger charge is 2.25.